The van der Waals surface area contributed by atoms with E-state index >= 15 is 0 Å². The second-order valence-electron chi connectivity index (χ2n) is 9.21. The van der Waals surface area contributed by atoms with Gasteiger partial charge in [0.25, 0.3) is 0 Å². The third-order valence-electron chi connectivity index (χ3n) is 6.66. The third-order valence-corrected chi connectivity index (χ3v) is 6.66. The number of nitrogens with zero attached hydrogens (tertiary/aromatic N) is 1. The molecule has 0 spiro atoms. The molecule has 1 aromatic heterocycles. The maximum Gasteiger partial charge on any atom is 0.313 e. The topological polar surface area (TPSA) is 65.5 Å². The highest BCUT2D eigenvalue weighted by molar-refractivity contribution is 6.30. The number of fused-ring (bicyclic) bond motifs is 7. The van der Waals surface area contributed by atoms with Crippen molar-refractivity contribution in [2.75, 3.05) is 7.11 Å². The van der Waals surface area contributed by atoms with Crippen LogP contribution in [0.2, 0.25) is 0 Å². The van der Waals surface area contributed by atoms with Crippen molar-refractivity contribution in [3.05, 3.63) is 90.0 Å². The Morgan fingerprint density at radius 3 is 2.36 bits per heavy atom. The van der Waals surface area contributed by atoms with Crippen molar-refractivity contribution in [2.45, 2.75) is 13.8 Å². The number of pyridine rings is 1. The number of ketones is 1. The standard InChI is InChI=1S/C31H23NO4/c1-17(2)31(34)36-24-15-13-19(16-25(24)35-3)29-28-27(21-10-6-7-11-22(21)30(28)33)26-20-9-5-4-8-18(20)12-14-23(26)32-29/h4-17H,1-3H3. The second-order valence-corrected chi connectivity index (χ2v) is 9.21. The number of methoxy groups -OCH3 is 1. The van der Waals surface area contributed by atoms with E-state index in [1.165, 1.54) is 7.11 Å². The summed E-state index contributed by atoms with van der Waals surface area (Å²) in [5, 5.41) is 3.12. The molecule has 1 aliphatic rings. The zero-order valence-corrected chi connectivity index (χ0v) is 20.2. The number of rotatable bonds is 4. The maximum absolute atomic E-state index is 13.8. The van der Waals surface area contributed by atoms with Gasteiger partial charge in [-0.05, 0) is 40.6 Å². The molecule has 5 heteroatoms. The monoisotopic (exact) mass is 473 g/mol. The lowest BCUT2D eigenvalue weighted by molar-refractivity contribution is -0.137. The van der Waals surface area contributed by atoms with Crippen LogP contribution in [0, 0.1) is 5.92 Å². The van der Waals surface area contributed by atoms with Gasteiger partial charge in [-0.1, -0.05) is 68.4 Å². The molecule has 0 unspecified atom stereocenters. The molecule has 0 saturated carbocycles. The van der Waals surface area contributed by atoms with E-state index in [0.717, 1.165) is 32.8 Å². The zero-order valence-electron chi connectivity index (χ0n) is 20.2. The summed E-state index contributed by atoms with van der Waals surface area (Å²) in [7, 11) is 1.53. The highest BCUT2D eigenvalue weighted by Gasteiger charge is 2.33. The number of aromatic nitrogens is 1. The van der Waals surface area contributed by atoms with Gasteiger partial charge in [0.05, 0.1) is 29.8 Å². The van der Waals surface area contributed by atoms with Crippen LogP contribution in [0.3, 0.4) is 0 Å². The van der Waals surface area contributed by atoms with Gasteiger partial charge in [-0.25, -0.2) is 4.98 Å². The summed E-state index contributed by atoms with van der Waals surface area (Å²) < 4.78 is 11.1. The van der Waals surface area contributed by atoms with E-state index in [0.29, 0.717) is 33.9 Å². The SMILES string of the molecule is COc1cc(-c2nc3ccc4ccccc4c3c3c2C(=O)c2ccccc2-3)ccc1OC(=O)C(C)C. The van der Waals surface area contributed by atoms with E-state index in [-0.39, 0.29) is 17.7 Å². The van der Waals surface area contributed by atoms with Crippen LogP contribution in [0.1, 0.15) is 29.8 Å². The fourth-order valence-corrected chi connectivity index (χ4v) is 4.89. The quantitative estimate of drug-likeness (QED) is 0.159. The molecule has 0 N–H and O–H groups in total. The molecule has 1 heterocycles. The minimum absolute atomic E-state index is 0.0489. The average molecular weight is 474 g/mol. The van der Waals surface area contributed by atoms with Crippen molar-refractivity contribution in [1.29, 1.82) is 0 Å². The van der Waals surface area contributed by atoms with E-state index in [9.17, 15) is 9.59 Å². The zero-order chi connectivity index (χ0) is 25.0. The molecule has 6 rings (SSSR count). The van der Waals surface area contributed by atoms with Crippen molar-refractivity contribution in [2.24, 2.45) is 5.92 Å². The van der Waals surface area contributed by atoms with Gasteiger partial charge in [0, 0.05) is 22.1 Å². The first-order valence-electron chi connectivity index (χ1n) is 11.9. The van der Waals surface area contributed by atoms with Gasteiger partial charge in [0.15, 0.2) is 17.3 Å². The highest BCUT2D eigenvalue weighted by atomic mass is 16.6. The summed E-state index contributed by atoms with van der Waals surface area (Å²) in [6.45, 7) is 3.55. The van der Waals surface area contributed by atoms with Crippen molar-refractivity contribution in [3.8, 4) is 33.9 Å². The Bertz CT molecular complexity index is 1720. The largest absolute Gasteiger partial charge is 0.493 e. The van der Waals surface area contributed by atoms with E-state index in [1.807, 2.05) is 48.5 Å². The predicted octanol–water partition coefficient (Wildman–Crippen LogP) is 6.84. The van der Waals surface area contributed by atoms with Crippen LogP contribution in [0.4, 0.5) is 0 Å². The highest BCUT2D eigenvalue weighted by Crippen LogP contribution is 2.47. The summed E-state index contributed by atoms with van der Waals surface area (Å²) in [5.74, 6) is 0.0675. The number of hydrogen-bond donors (Lipinski definition) is 0. The van der Waals surface area contributed by atoms with Crippen molar-refractivity contribution in [3.63, 3.8) is 0 Å². The van der Waals surface area contributed by atoms with E-state index < -0.39 is 0 Å². The first-order chi connectivity index (χ1) is 17.5. The smallest absolute Gasteiger partial charge is 0.313 e. The summed E-state index contributed by atoms with van der Waals surface area (Å²) >= 11 is 0. The lowest BCUT2D eigenvalue weighted by Crippen LogP contribution is -2.15. The molecule has 5 aromatic rings. The van der Waals surface area contributed by atoms with Crippen LogP contribution in [0.15, 0.2) is 78.9 Å². The molecule has 0 bridgehead atoms. The van der Waals surface area contributed by atoms with E-state index in [2.05, 4.69) is 18.2 Å². The lowest BCUT2D eigenvalue weighted by atomic mass is 9.93. The first-order valence-corrected chi connectivity index (χ1v) is 11.9. The minimum Gasteiger partial charge on any atom is -0.493 e. The molecule has 5 nitrogen and oxygen atoms in total. The van der Waals surface area contributed by atoms with Gasteiger partial charge in [-0.3, -0.25) is 9.59 Å². The molecular weight excluding hydrogens is 450 g/mol. The Kier molecular flexibility index (Phi) is 5.07. The molecule has 0 radical (unpaired) electrons. The molecule has 176 valence electrons. The third kappa shape index (κ3) is 3.28. The number of ether oxygens (including phenoxy) is 2. The molecule has 0 aliphatic heterocycles. The summed E-state index contributed by atoms with van der Waals surface area (Å²) in [4.78, 5) is 31.0. The molecular formula is C31H23NO4. The van der Waals surface area contributed by atoms with Crippen molar-refractivity contribution < 1.29 is 19.1 Å². The van der Waals surface area contributed by atoms with Gasteiger partial charge >= 0.3 is 5.97 Å². The van der Waals surface area contributed by atoms with Gasteiger partial charge in [0.2, 0.25) is 0 Å². The molecule has 0 saturated heterocycles. The van der Waals surface area contributed by atoms with E-state index in [4.69, 9.17) is 14.5 Å². The van der Waals surface area contributed by atoms with Crippen LogP contribution in [0.5, 0.6) is 11.5 Å². The maximum atomic E-state index is 13.8. The first kappa shape index (κ1) is 22.0. The van der Waals surface area contributed by atoms with E-state index in [1.54, 1.807) is 26.0 Å². The summed E-state index contributed by atoms with van der Waals surface area (Å²) in [5.41, 5.74) is 5.16. The molecule has 0 atom stereocenters. The molecule has 1 aliphatic carbocycles. The number of hydrogen-bond acceptors (Lipinski definition) is 5. The Hall–Kier alpha value is -4.51. The normalized spacial score (nSPS) is 12.2. The fraction of sp³-hybridized carbons (Fsp3) is 0.129. The average Bonchev–Trinajstić information content (AvgIpc) is 3.20. The fourth-order valence-electron chi connectivity index (χ4n) is 4.89. The van der Waals surface area contributed by atoms with Gasteiger partial charge in [-0.2, -0.15) is 0 Å². The summed E-state index contributed by atoms with van der Waals surface area (Å²) in [6, 6.07) is 25.2. The van der Waals surface area contributed by atoms with Crippen LogP contribution in [-0.4, -0.2) is 23.8 Å². The van der Waals surface area contributed by atoms with Gasteiger partial charge < -0.3 is 9.47 Å². The Balaban J connectivity index is 1.64. The number of benzene rings is 4. The Labute approximate surface area is 208 Å². The molecule has 0 fully saturated rings. The second kappa shape index (κ2) is 8.31. The predicted molar refractivity (Wildman–Crippen MR) is 141 cm³/mol. The van der Waals surface area contributed by atoms with Crippen molar-refractivity contribution >= 4 is 33.4 Å². The van der Waals surface area contributed by atoms with Gasteiger partial charge in [-0.15, -0.1) is 0 Å². The van der Waals surface area contributed by atoms with Crippen LogP contribution >= 0.6 is 0 Å². The van der Waals surface area contributed by atoms with Crippen LogP contribution in [-0.2, 0) is 4.79 Å². The van der Waals surface area contributed by atoms with Crippen LogP contribution in [0.25, 0.3) is 44.1 Å². The summed E-state index contributed by atoms with van der Waals surface area (Å²) in [6.07, 6.45) is 0. The number of carbonyl (C=O) groups excluding carboxylic acids is 2. The lowest BCUT2D eigenvalue weighted by Gasteiger charge is -2.15. The Morgan fingerprint density at radius 1 is 0.833 bits per heavy atom. The Morgan fingerprint density at radius 2 is 1.58 bits per heavy atom. The van der Waals surface area contributed by atoms with Crippen LogP contribution < -0.4 is 9.47 Å². The molecule has 36 heavy (non-hydrogen) atoms. The van der Waals surface area contributed by atoms with Crippen molar-refractivity contribution in [1.82, 2.24) is 4.98 Å². The van der Waals surface area contributed by atoms with Gasteiger partial charge in [0.1, 0.15) is 0 Å². The number of carbonyl (C=O) groups is 2. The minimum atomic E-state index is -0.344. The number of esters is 1. The molecule has 0 amide bonds. The molecule has 4 aromatic carbocycles.